The Morgan fingerprint density at radius 3 is 2.26 bits per heavy atom. The quantitative estimate of drug-likeness (QED) is 0.200. The number of alkyl halides is 2. The van der Waals surface area contributed by atoms with Gasteiger partial charge in [0.05, 0.1) is 5.57 Å². The number of carboxylic acid groups (broad SMARTS) is 1. The topological polar surface area (TPSA) is 83.9 Å². The fraction of sp³-hybridized carbons (Fsp3) is 0.814. The molecule has 1 N–H and O–H groups in total. The van der Waals surface area contributed by atoms with Crippen LogP contribution in [0.4, 0.5) is 14.5 Å². The van der Waals surface area contributed by atoms with E-state index >= 15 is 0 Å². The molecule has 6 rings (SSSR count). The zero-order valence-corrected chi connectivity index (χ0v) is 34.9. The third kappa shape index (κ3) is 10.3. The minimum atomic E-state index is -1.60. The Bertz CT molecular complexity index is 1430. The van der Waals surface area contributed by atoms with Crippen LogP contribution in [0, 0.1) is 28.1 Å². The lowest BCUT2D eigenvalue weighted by Crippen LogP contribution is -2.43. The Labute approximate surface area is 323 Å². The number of carbonyl (C=O) groups excluding carboxylic acids is 1. The van der Waals surface area contributed by atoms with Crippen LogP contribution >= 0.6 is 0 Å². The van der Waals surface area contributed by atoms with Crippen molar-refractivity contribution in [1.82, 2.24) is 0 Å². The second kappa shape index (κ2) is 17.6. The molecule has 3 aliphatic carbocycles. The van der Waals surface area contributed by atoms with E-state index in [1.165, 1.54) is 49.4 Å². The average molecular weight is 760 g/mol. The minimum Gasteiger partial charge on any atom is -0.481 e. The van der Waals surface area contributed by atoms with Gasteiger partial charge in [-0.05, 0) is 150 Å². The van der Waals surface area contributed by atoms with Crippen molar-refractivity contribution in [2.75, 3.05) is 37.0 Å². The highest BCUT2D eigenvalue weighted by molar-refractivity contribution is 7.86. The number of anilines is 1. The van der Waals surface area contributed by atoms with Gasteiger partial charge in [0.1, 0.15) is 7.85 Å². The number of carboxylic acids is 1. The molecule has 1 aromatic carbocycles. The van der Waals surface area contributed by atoms with Gasteiger partial charge < -0.3 is 14.7 Å². The zero-order valence-electron chi connectivity index (χ0n) is 34.0. The smallest absolute Gasteiger partial charge is 0.300 e. The number of fused-ring (bicyclic) bond motifs is 5. The number of nitrogens with zero attached hydrogens (tertiary/aromatic N) is 1. The van der Waals surface area contributed by atoms with Crippen LogP contribution in [0.2, 0.25) is 0 Å². The monoisotopic (exact) mass is 759 g/mol. The number of rotatable bonds is 9. The number of ether oxygens (including phenoxy) is 1. The van der Waals surface area contributed by atoms with Crippen LogP contribution in [0.15, 0.2) is 18.2 Å². The van der Waals surface area contributed by atoms with E-state index in [0.29, 0.717) is 42.3 Å². The predicted molar refractivity (Wildman–Crippen MR) is 214 cm³/mol. The lowest BCUT2D eigenvalue weighted by Gasteiger charge is -2.48. The molecule has 0 bridgehead atoms. The van der Waals surface area contributed by atoms with Gasteiger partial charge in [-0.15, -0.1) is 0 Å². The lowest BCUT2D eigenvalue weighted by atomic mass is 9.55. The summed E-state index contributed by atoms with van der Waals surface area (Å²) < 4.78 is 45.2. The highest BCUT2D eigenvalue weighted by Crippen LogP contribution is 2.60. The van der Waals surface area contributed by atoms with Gasteiger partial charge in [0, 0.05) is 65.6 Å². The number of benzene rings is 1. The maximum Gasteiger partial charge on any atom is 0.300 e. The van der Waals surface area contributed by atoms with Crippen molar-refractivity contribution in [1.29, 1.82) is 0 Å². The van der Waals surface area contributed by atoms with Crippen molar-refractivity contribution in [2.24, 2.45) is 28.1 Å². The van der Waals surface area contributed by atoms with Crippen LogP contribution < -0.4 is 4.90 Å². The number of halogens is 2. The molecule has 2 aliphatic heterocycles. The maximum atomic E-state index is 14.3. The van der Waals surface area contributed by atoms with Crippen molar-refractivity contribution in [3.8, 4) is 0 Å². The summed E-state index contributed by atoms with van der Waals surface area (Å²) in [5.74, 6) is 0.918. The fourth-order valence-corrected chi connectivity index (χ4v) is 11.5. The SMILES string of the molecule is CC(=O)O.CC12CCC3c4ccc(N5CCC6(CCOCC6)CC5)cc4CCC3C1CC(F)C2=O.[B]C(C)(F)CCCCS(=O)C(C)(C)C(C)(C)CC. The molecule has 0 amide bonds. The Balaban J connectivity index is 0.000000245. The summed E-state index contributed by atoms with van der Waals surface area (Å²) in [6.07, 6.45) is 11.2. The highest BCUT2D eigenvalue weighted by atomic mass is 32.2. The summed E-state index contributed by atoms with van der Waals surface area (Å²) in [6, 6.07) is 7.18. The van der Waals surface area contributed by atoms with E-state index in [-0.39, 0.29) is 21.9 Å². The van der Waals surface area contributed by atoms with E-state index in [9.17, 15) is 17.8 Å². The molecule has 298 valence electrons. The first kappa shape index (κ1) is 43.9. The molecule has 7 unspecified atom stereocenters. The number of carbonyl (C=O) groups is 2. The number of ketones is 1. The molecule has 53 heavy (non-hydrogen) atoms. The molecule has 1 aromatic rings. The van der Waals surface area contributed by atoms with Crippen molar-refractivity contribution >= 4 is 36.1 Å². The van der Waals surface area contributed by atoms with E-state index in [2.05, 4.69) is 64.6 Å². The normalized spacial score (nSPS) is 29.6. The lowest BCUT2D eigenvalue weighted by molar-refractivity contribution is -0.134. The van der Waals surface area contributed by atoms with Gasteiger partial charge in [-0.1, -0.05) is 40.2 Å². The molecule has 7 atom stereocenters. The number of piperidine rings is 1. The summed E-state index contributed by atoms with van der Waals surface area (Å²) in [6.45, 7) is 19.3. The van der Waals surface area contributed by atoms with Gasteiger partial charge in [0.2, 0.25) is 0 Å². The zero-order chi connectivity index (χ0) is 39.4. The van der Waals surface area contributed by atoms with E-state index in [1.807, 2.05) is 0 Å². The van der Waals surface area contributed by atoms with Gasteiger partial charge in [-0.25, -0.2) is 4.39 Å². The number of aliphatic carboxylic acids is 1. The van der Waals surface area contributed by atoms with Crippen LogP contribution in [0.25, 0.3) is 0 Å². The second-order valence-corrected chi connectivity index (χ2v) is 20.6. The first-order chi connectivity index (χ1) is 24.7. The largest absolute Gasteiger partial charge is 0.481 e. The summed E-state index contributed by atoms with van der Waals surface area (Å²) in [5.41, 5.74) is 2.95. The van der Waals surface area contributed by atoms with Crippen molar-refractivity contribution in [3.05, 3.63) is 29.3 Å². The fourth-order valence-electron chi connectivity index (χ4n) is 9.75. The summed E-state index contributed by atoms with van der Waals surface area (Å²) in [7, 11) is 4.40. The van der Waals surface area contributed by atoms with Gasteiger partial charge >= 0.3 is 0 Å². The first-order valence-electron chi connectivity index (χ1n) is 20.4. The Morgan fingerprint density at radius 1 is 1.06 bits per heavy atom. The summed E-state index contributed by atoms with van der Waals surface area (Å²) in [4.78, 5) is 24.1. The molecule has 10 heteroatoms. The third-order valence-corrected chi connectivity index (χ3v) is 16.8. The molecular formula is C43H68BF2NO5S. The second-order valence-electron chi connectivity index (χ2n) is 18.5. The third-order valence-electron chi connectivity index (χ3n) is 14.5. The van der Waals surface area contributed by atoms with Gasteiger partial charge in [-0.3, -0.25) is 18.2 Å². The maximum absolute atomic E-state index is 14.3. The molecule has 2 radical (unpaired) electrons. The van der Waals surface area contributed by atoms with Gasteiger partial charge in [0.25, 0.3) is 5.97 Å². The Morgan fingerprint density at radius 2 is 1.68 bits per heavy atom. The molecule has 2 saturated heterocycles. The standard InChI is InChI=1S/C27H36FNO2.C14H28BFOS.C2H4O2/c1-26-7-6-21-20-5-3-19(29-12-8-27(9-13-29)10-14-31-15-11-27)16-18(20)2-4-22(21)23(26)17-24(28)25(26)30;1-7-12(2,3)13(4,5)18(17)11-9-8-10-14(6,15)16;1-2(3)4/h3,5,16,21-24H,2,4,6-15,17H2,1H3;7-11H2,1-6H3;1H3,(H,3,4). The van der Waals surface area contributed by atoms with Crippen LogP contribution in [0.1, 0.15) is 149 Å². The number of unbranched alkanes of at least 4 members (excludes halogenated alkanes) is 1. The van der Waals surface area contributed by atoms with Crippen molar-refractivity contribution in [2.45, 2.75) is 161 Å². The molecule has 6 nitrogen and oxygen atoms in total. The van der Waals surface area contributed by atoms with Crippen LogP contribution in [-0.2, 0) is 31.5 Å². The van der Waals surface area contributed by atoms with Crippen LogP contribution in [0.3, 0.4) is 0 Å². The molecule has 1 spiro atoms. The van der Waals surface area contributed by atoms with Crippen molar-refractivity contribution < 1.29 is 32.4 Å². The van der Waals surface area contributed by atoms with Gasteiger partial charge in [0.15, 0.2) is 12.0 Å². The predicted octanol–water partition coefficient (Wildman–Crippen LogP) is 9.52. The molecule has 5 aliphatic rings. The van der Waals surface area contributed by atoms with E-state index in [0.717, 1.165) is 71.8 Å². The average Bonchev–Trinajstić information content (AvgIpc) is 3.34. The van der Waals surface area contributed by atoms with E-state index in [1.54, 1.807) is 0 Å². The first-order valence-corrected chi connectivity index (χ1v) is 21.7. The number of hydrogen-bond acceptors (Lipinski definition) is 5. The number of Topliss-reactive ketones (excluding diaryl/α,β-unsaturated/α-hetero) is 1. The van der Waals surface area contributed by atoms with Crippen LogP contribution in [-0.4, -0.2) is 77.5 Å². The highest BCUT2D eigenvalue weighted by Gasteiger charge is 2.58. The number of hydrogen-bond donors (Lipinski definition) is 1. The van der Waals surface area contributed by atoms with Gasteiger partial charge in [-0.2, -0.15) is 0 Å². The molecule has 0 aromatic heterocycles. The summed E-state index contributed by atoms with van der Waals surface area (Å²) in [5, 5.41) is 7.42. The molecule has 2 heterocycles. The Kier molecular flexibility index (Phi) is 14.5. The van der Waals surface area contributed by atoms with E-state index < -0.39 is 33.9 Å². The molecule has 4 fully saturated rings. The van der Waals surface area contributed by atoms with Crippen molar-refractivity contribution in [3.63, 3.8) is 0 Å². The summed E-state index contributed by atoms with van der Waals surface area (Å²) >= 11 is 0. The Hall–Kier alpha value is -1.81. The van der Waals surface area contributed by atoms with E-state index in [4.69, 9.17) is 22.5 Å². The minimum absolute atomic E-state index is 0.0420. The molecule has 2 saturated carbocycles. The number of aryl methyl sites for hydroxylation is 1. The van der Waals surface area contributed by atoms with Crippen LogP contribution in [0.5, 0.6) is 0 Å². The molecular weight excluding hydrogens is 691 g/mol.